The lowest BCUT2D eigenvalue weighted by Crippen LogP contribution is -2.50. The molecule has 0 radical (unpaired) electrons. The van der Waals surface area contributed by atoms with Crippen molar-refractivity contribution in [3.05, 3.63) is 24.3 Å². The normalized spacial score (nSPS) is 18.6. The van der Waals surface area contributed by atoms with Gasteiger partial charge in [0.1, 0.15) is 6.04 Å². The van der Waals surface area contributed by atoms with Crippen molar-refractivity contribution >= 4 is 39.3 Å². The molecule has 1 fully saturated rings. The zero-order valence-corrected chi connectivity index (χ0v) is 15.4. The Morgan fingerprint density at radius 2 is 2.04 bits per heavy atom. The summed E-state index contributed by atoms with van der Waals surface area (Å²) in [6.07, 6.45) is 0. The van der Waals surface area contributed by atoms with Crippen molar-refractivity contribution in [3.8, 4) is 0 Å². The molecule has 10 heteroatoms. The van der Waals surface area contributed by atoms with Crippen molar-refractivity contribution in [1.29, 1.82) is 0 Å². The third kappa shape index (κ3) is 5.70. The zero-order valence-electron chi connectivity index (χ0n) is 13.8. The second kappa shape index (κ2) is 8.65. The lowest BCUT2D eigenvalue weighted by atomic mass is 10.2. The molecule has 1 atom stereocenters. The molecule has 0 aromatic heterocycles. The van der Waals surface area contributed by atoms with E-state index >= 15 is 0 Å². The highest BCUT2D eigenvalue weighted by Gasteiger charge is 2.31. The molecule has 3 N–H and O–H groups in total. The Morgan fingerprint density at radius 1 is 1.36 bits per heavy atom. The van der Waals surface area contributed by atoms with Crippen LogP contribution in [0.15, 0.2) is 29.2 Å². The Hall–Kier alpha value is -1.62. The molecular weight excluding hydrogens is 366 g/mol. The maximum Gasteiger partial charge on any atom is 0.324 e. The van der Waals surface area contributed by atoms with E-state index in [1.165, 1.54) is 24.3 Å². The molecule has 0 spiro atoms. The number of thioether (sulfide) groups is 1. The maximum atomic E-state index is 12.2. The number of rotatable bonds is 6. The first kappa shape index (κ1) is 19.7. The van der Waals surface area contributed by atoms with Crippen molar-refractivity contribution in [2.24, 2.45) is 5.14 Å². The topological polar surface area (TPSA) is 119 Å². The molecule has 2 rings (SSSR count). The fourth-order valence-electron chi connectivity index (χ4n) is 2.40. The zero-order chi connectivity index (χ0) is 18.4. The van der Waals surface area contributed by atoms with Crippen LogP contribution in [0.1, 0.15) is 6.92 Å². The summed E-state index contributed by atoms with van der Waals surface area (Å²) < 4.78 is 27.5. The number of sulfonamides is 1. The summed E-state index contributed by atoms with van der Waals surface area (Å²) in [6, 6.07) is 5.14. The van der Waals surface area contributed by atoms with Crippen LogP contribution in [0.25, 0.3) is 0 Å². The van der Waals surface area contributed by atoms with Gasteiger partial charge in [-0.15, -0.1) is 0 Å². The monoisotopic (exact) mass is 387 g/mol. The Morgan fingerprint density at radius 3 is 2.64 bits per heavy atom. The van der Waals surface area contributed by atoms with E-state index < -0.39 is 16.1 Å². The Balaban J connectivity index is 1.97. The van der Waals surface area contributed by atoms with E-state index in [-0.39, 0.29) is 23.3 Å². The van der Waals surface area contributed by atoms with Crippen molar-refractivity contribution in [1.82, 2.24) is 4.90 Å². The van der Waals surface area contributed by atoms with Gasteiger partial charge in [-0.1, -0.05) is 0 Å². The van der Waals surface area contributed by atoms with Crippen molar-refractivity contribution in [2.75, 3.05) is 36.5 Å². The smallest absolute Gasteiger partial charge is 0.324 e. The van der Waals surface area contributed by atoms with Gasteiger partial charge in [0, 0.05) is 23.7 Å². The Bertz CT molecular complexity index is 721. The molecule has 1 unspecified atom stereocenters. The van der Waals surface area contributed by atoms with Gasteiger partial charge in [-0.25, -0.2) is 13.6 Å². The van der Waals surface area contributed by atoms with E-state index in [0.29, 0.717) is 24.6 Å². The number of nitrogens with zero attached hydrogens (tertiary/aromatic N) is 1. The molecule has 1 aliphatic rings. The summed E-state index contributed by atoms with van der Waals surface area (Å²) in [5.74, 6) is 0.825. The average molecular weight is 387 g/mol. The third-order valence-corrected chi connectivity index (χ3v) is 5.56. The van der Waals surface area contributed by atoms with E-state index in [1.807, 2.05) is 0 Å². The summed E-state index contributed by atoms with van der Waals surface area (Å²) in [4.78, 5) is 26.0. The fraction of sp³-hybridized carbons (Fsp3) is 0.467. The van der Waals surface area contributed by atoms with E-state index in [2.05, 4.69) is 5.32 Å². The summed E-state index contributed by atoms with van der Waals surface area (Å²) in [5.41, 5.74) is 0.455. The summed E-state index contributed by atoms with van der Waals surface area (Å²) in [7, 11) is -3.77. The lowest BCUT2D eigenvalue weighted by Gasteiger charge is -2.32. The number of carbonyl (C=O) groups excluding carboxylic acids is 2. The van der Waals surface area contributed by atoms with Gasteiger partial charge in [0.15, 0.2) is 0 Å². The minimum absolute atomic E-state index is 0.0269. The molecular formula is C15H21N3O5S2. The number of amides is 1. The molecule has 0 bridgehead atoms. The first-order valence-electron chi connectivity index (χ1n) is 7.72. The van der Waals surface area contributed by atoms with E-state index in [0.717, 1.165) is 5.75 Å². The van der Waals surface area contributed by atoms with E-state index in [4.69, 9.17) is 9.88 Å². The first-order chi connectivity index (χ1) is 11.8. The van der Waals surface area contributed by atoms with Crippen molar-refractivity contribution in [2.45, 2.75) is 17.9 Å². The minimum Gasteiger partial charge on any atom is -0.465 e. The quantitative estimate of drug-likeness (QED) is 0.672. The van der Waals surface area contributed by atoms with Gasteiger partial charge in [-0.2, -0.15) is 11.8 Å². The summed E-state index contributed by atoms with van der Waals surface area (Å²) in [6.45, 7) is 2.72. The van der Waals surface area contributed by atoms with Crippen LogP contribution in [0.4, 0.5) is 5.69 Å². The lowest BCUT2D eigenvalue weighted by molar-refractivity contribution is -0.148. The highest BCUT2D eigenvalue weighted by atomic mass is 32.2. The number of nitrogens with one attached hydrogen (secondary N) is 1. The molecule has 8 nitrogen and oxygen atoms in total. The Labute approximate surface area is 151 Å². The number of benzene rings is 1. The van der Waals surface area contributed by atoms with Crippen LogP contribution in [0.3, 0.4) is 0 Å². The van der Waals surface area contributed by atoms with Gasteiger partial charge in [0.25, 0.3) is 0 Å². The van der Waals surface area contributed by atoms with Crippen molar-refractivity contribution < 1.29 is 22.7 Å². The molecule has 0 aliphatic carbocycles. The van der Waals surface area contributed by atoms with Crippen LogP contribution in [0, 0.1) is 0 Å². The van der Waals surface area contributed by atoms with Gasteiger partial charge in [0.05, 0.1) is 18.0 Å². The number of hydrogen-bond donors (Lipinski definition) is 2. The van der Waals surface area contributed by atoms with Gasteiger partial charge < -0.3 is 10.1 Å². The minimum atomic E-state index is -3.77. The predicted molar refractivity (Wildman–Crippen MR) is 95.8 cm³/mol. The van der Waals surface area contributed by atoms with E-state index in [9.17, 15) is 18.0 Å². The average Bonchev–Trinajstić information content (AvgIpc) is 2.55. The predicted octanol–water partition coefficient (Wildman–Crippen LogP) is 0.253. The largest absolute Gasteiger partial charge is 0.465 e. The number of primary sulfonamides is 1. The summed E-state index contributed by atoms with van der Waals surface area (Å²) in [5, 5.41) is 7.72. The van der Waals surface area contributed by atoms with Gasteiger partial charge in [-0.3, -0.25) is 14.5 Å². The van der Waals surface area contributed by atoms with Crippen LogP contribution in [-0.2, 0) is 24.3 Å². The van der Waals surface area contributed by atoms with Crippen LogP contribution < -0.4 is 10.5 Å². The highest BCUT2D eigenvalue weighted by Crippen LogP contribution is 2.18. The molecule has 1 saturated heterocycles. The standard InChI is InChI=1S/C15H21N3O5S2/c1-2-23-15(20)13-10-24-8-7-18(13)9-14(19)17-11-3-5-12(6-4-11)25(16,21)22/h3-6,13H,2,7-10H2,1H3,(H,17,19)(H2,16,21,22). The Kier molecular flexibility index (Phi) is 6.82. The van der Waals surface area contributed by atoms with Crippen LogP contribution >= 0.6 is 11.8 Å². The molecule has 138 valence electrons. The fourth-order valence-corrected chi connectivity index (χ4v) is 4.01. The number of ether oxygens (including phenoxy) is 1. The maximum absolute atomic E-state index is 12.2. The number of nitrogens with two attached hydrogens (primary N) is 1. The molecule has 1 aliphatic heterocycles. The van der Waals surface area contributed by atoms with Crippen LogP contribution in [-0.4, -0.2) is 62.4 Å². The third-order valence-electron chi connectivity index (χ3n) is 3.61. The molecule has 1 heterocycles. The highest BCUT2D eigenvalue weighted by molar-refractivity contribution is 7.99. The summed E-state index contributed by atoms with van der Waals surface area (Å²) >= 11 is 1.65. The second-order valence-corrected chi connectivity index (χ2v) is 8.14. The molecule has 0 saturated carbocycles. The SMILES string of the molecule is CCOC(=O)C1CSCCN1CC(=O)Nc1ccc(S(N)(=O)=O)cc1. The number of hydrogen-bond acceptors (Lipinski definition) is 7. The van der Waals surface area contributed by atoms with Gasteiger partial charge in [-0.05, 0) is 31.2 Å². The second-order valence-electron chi connectivity index (χ2n) is 5.43. The number of anilines is 1. The van der Waals surface area contributed by atoms with Crippen LogP contribution in [0.5, 0.6) is 0 Å². The molecule has 1 amide bonds. The number of carbonyl (C=O) groups is 2. The van der Waals surface area contributed by atoms with Crippen molar-refractivity contribution in [3.63, 3.8) is 0 Å². The van der Waals surface area contributed by atoms with E-state index in [1.54, 1.807) is 23.6 Å². The molecule has 1 aromatic carbocycles. The van der Waals surface area contributed by atoms with Crippen LogP contribution in [0.2, 0.25) is 0 Å². The van der Waals surface area contributed by atoms with Gasteiger partial charge in [0.2, 0.25) is 15.9 Å². The molecule has 1 aromatic rings. The molecule has 25 heavy (non-hydrogen) atoms. The number of esters is 1. The first-order valence-corrected chi connectivity index (χ1v) is 10.4. The van der Waals surface area contributed by atoms with Gasteiger partial charge >= 0.3 is 5.97 Å².